The Morgan fingerprint density at radius 3 is 2.88 bits per heavy atom. The van der Waals surface area contributed by atoms with Gasteiger partial charge >= 0.3 is 0 Å². The molecule has 0 saturated heterocycles. The van der Waals surface area contributed by atoms with Gasteiger partial charge in [-0.2, -0.15) is 10.1 Å². The number of hydrogen-bond donors (Lipinski definition) is 2. The van der Waals surface area contributed by atoms with Crippen molar-refractivity contribution >= 4 is 11.5 Å². The van der Waals surface area contributed by atoms with Crippen molar-refractivity contribution in [3.05, 3.63) is 18.5 Å². The number of aryl methyl sites for hydroxylation is 1. The molecule has 2 aromatic rings. The molecule has 0 atom stereocenters. The molecule has 0 saturated carbocycles. The molecule has 0 spiro atoms. The third-order valence-corrected chi connectivity index (χ3v) is 2.10. The van der Waals surface area contributed by atoms with Gasteiger partial charge in [-0.1, -0.05) is 0 Å². The van der Waals surface area contributed by atoms with Crippen molar-refractivity contribution in [2.24, 2.45) is 7.05 Å². The largest absolute Gasteiger partial charge is 0.479 e. The van der Waals surface area contributed by atoms with E-state index in [4.69, 9.17) is 10.5 Å². The van der Waals surface area contributed by atoms with Crippen molar-refractivity contribution < 1.29 is 4.74 Å². The molecule has 0 fully saturated rings. The lowest BCUT2D eigenvalue weighted by Gasteiger charge is -2.08. The molecule has 0 aliphatic heterocycles. The molecule has 2 aromatic heterocycles. The first-order valence-corrected chi connectivity index (χ1v) is 4.93. The topological polar surface area (TPSA) is 104 Å². The Labute approximate surface area is 97.9 Å². The average molecular weight is 235 g/mol. The van der Waals surface area contributed by atoms with Gasteiger partial charge in [-0.25, -0.2) is 9.97 Å². The Morgan fingerprint density at radius 2 is 2.24 bits per heavy atom. The third kappa shape index (κ3) is 2.41. The van der Waals surface area contributed by atoms with Crippen LogP contribution < -0.4 is 15.8 Å². The van der Waals surface area contributed by atoms with E-state index in [0.717, 1.165) is 0 Å². The highest BCUT2D eigenvalue weighted by atomic mass is 16.5. The van der Waals surface area contributed by atoms with Crippen molar-refractivity contribution in [3.8, 4) is 5.88 Å². The van der Waals surface area contributed by atoms with Gasteiger partial charge in [-0.3, -0.25) is 4.68 Å². The number of aromatic nitrogens is 5. The summed E-state index contributed by atoms with van der Waals surface area (Å²) in [7, 11) is 3.31. The summed E-state index contributed by atoms with van der Waals surface area (Å²) >= 11 is 0. The minimum absolute atomic E-state index is 0.344. The van der Waals surface area contributed by atoms with Crippen LogP contribution in [0.3, 0.4) is 0 Å². The molecule has 0 radical (unpaired) electrons. The summed E-state index contributed by atoms with van der Waals surface area (Å²) in [5, 5.41) is 7.15. The molecule has 17 heavy (non-hydrogen) atoms. The second-order valence-corrected chi connectivity index (χ2v) is 3.33. The van der Waals surface area contributed by atoms with E-state index in [1.165, 1.54) is 13.4 Å². The zero-order valence-electron chi connectivity index (χ0n) is 9.58. The smallest absolute Gasteiger partial charge is 0.242 e. The van der Waals surface area contributed by atoms with Gasteiger partial charge in [-0.15, -0.1) is 0 Å². The Hall–Kier alpha value is -2.38. The van der Waals surface area contributed by atoms with Crippen molar-refractivity contribution in [2.75, 3.05) is 18.2 Å². The molecule has 2 heterocycles. The van der Waals surface area contributed by atoms with Crippen LogP contribution in [0.1, 0.15) is 5.82 Å². The molecule has 0 amide bonds. The normalized spacial score (nSPS) is 10.2. The minimum Gasteiger partial charge on any atom is -0.479 e. The summed E-state index contributed by atoms with van der Waals surface area (Å²) in [5.74, 6) is 1.50. The molecule has 3 N–H and O–H groups in total. The maximum Gasteiger partial charge on any atom is 0.242 e. The van der Waals surface area contributed by atoms with Crippen LogP contribution in [0.25, 0.3) is 0 Å². The Morgan fingerprint density at radius 1 is 1.41 bits per heavy atom. The van der Waals surface area contributed by atoms with Crippen molar-refractivity contribution in [1.29, 1.82) is 0 Å². The van der Waals surface area contributed by atoms with E-state index in [2.05, 4.69) is 25.4 Å². The van der Waals surface area contributed by atoms with E-state index in [0.29, 0.717) is 29.8 Å². The number of rotatable bonds is 4. The molecule has 8 nitrogen and oxygen atoms in total. The van der Waals surface area contributed by atoms with E-state index in [-0.39, 0.29) is 0 Å². The lowest BCUT2D eigenvalue weighted by Crippen LogP contribution is -2.08. The first-order chi connectivity index (χ1) is 8.20. The van der Waals surface area contributed by atoms with Gasteiger partial charge in [0.15, 0.2) is 11.6 Å². The second kappa shape index (κ2) is 4.64. The number of hydrogen-bond acceptors (Lipinski definition) is 7. The van der Waals surface area contributed by atoms with Crippen LogP contribution in [-0.4, -0.2) is 31.8 Å². The van der Waals surface area contributed by atoms with Crippen molar-refractivity contribution in [2.45, 2.75) is 6.54 Å². The fourth-order valence-electron chi connectivity index (χ4n) is 1.31. The SMILES string of the molecule is COc1ncnc(NCc2ncn(C)n2)c1N. The van der Waals surface area contributed by atoms with Gasteiger partial charge in [0.1, 0.15) is 18.3 Å². The van der Waals surface area contributed by atoms with Crippen LogP contribution >= 0.6 is 0 Å². The van der Waals surface area contributed by atoms with Gasteiger partial charge in [0.05, 0.1) is 13.7 Å². The molecular formula is C9H13N7O. The number of nitrogen functional groups attached to an aromatic ring is 1. The van der Waals surface area contributed by atoms with Crippen molar-refractivity contribution in [1.82, 2.24) is 24.7 Å². The summed E-state index contributed by atoms with van der Waals surface area (Å²) < 4.78 is 6.62. The van der Waals surface area contributed by atoms with Crippen LogP contribution in [0.2, 0.25) is 0 Å². The highest BCUT2D eigenvalue weighted by molar-refractivity contribution is 5.66. The summed E-state index contributed by atoms with van der Waals surface area (Å²) in [6.45, 7) is 0.436. The molecule has 0 aliphatic carbocycles. The number of nitrogens with one attached hydrogen (secondary N) is 1. The first kappa shape index (κ1) is 11.1. The Bertz CT molecular complexity index is 510. The van der Waals surface area contributed by atoms with E-state index < -0.39 is 0 Å². The zero-order valence-corrected chi connectivity index (χ0v) is 9.58. The Balaban J connectivity index is 2.09. The standard InChI is InChI=1S/C9H13N7O/c1-16-5-14-6(15-16)3-11-8-7(10)9(17-2)13-4-12-8/h4-5H,3,10H2,1-2H3,(H,11,12,13). The molecule has 0 aromatic carbocycles. The maximum absolute atomic E-state index is 5.80. The number of ether oxygens (including phenoxy) is 1. The fraction of sp³-hybridized carbons (Fsp3) is 0.333. The molecular weight excluding hydrogens is 222 g/mol. The number of nitrogens with zero attached hydrogens (tertiary/aromatic N) is 5. The highest BCUT2D eigenvalue weighted by Crippen LogP contribution is 2.23. The van der Waals surface area contributed by atoms with E-state index >= 15 is 0 Å². The maximum atomic E-state index is 5.80. The van der Waals surface area contributed by atoms with Crippen molar-refractivity contribution in [3.63, 3.8) is 0 Å². The van der Waals surface area contributed by atoms with Crippen LogP contribution in [0.4, 0.5) is 11.5 Å². The average Bonchev–Trinajstić information content (AvgIpc) is 2.74. The third-order valence-electron chi connectivity index (χ3n) is 2.10. The van der Waals surface area contributed by atoms with Gasteiger partial charge in [0.25, 0.3) is 0 Å². The van der Waals surface area contributed by atoms with Gasteiger partial charge < -0.3 is 15.8 Å². The summed E-state index contributed by atoms with van der Waals surface area (Å²) in [6, 6.07) is 0. The Kier molecular flexibility index (Phi) is 3.03. The summed E-state index contributed by atoms with van der Waals surface area (Å²) in [4.78, 5) is 12.0. The van der Waals surface area contributed by atoms with Crippen LogP contribution in [0, 0.1) is 0 Å². The molecule has 8 heteroatoms. The first-order valence-electron chi connectivity index (χ1n) is 4.93. The minimum atomic E-state index is 0.344. The zero-order chi connectivity index (χ0) is 12.3. The molecule has 0 unspecified atom stereocenters. The van der Waals surface area contributed by atoms with Crippen LogP contribution in [-0.2, 0) is 13.6 Å². The molecule has 0 bridgehead atoms. The predicted octanol–water partition coefficient (Wildman–Crippen LogP) is -0.192. The van der Waals surface area contributed by atoms with E-state index in [1.807, 2.05) is 0 Å². The molecule has 2 rings (SSSR count). The summed E-state index contributed by atoms with van der Waals surface area (Å²) in [6.07, 6.45) is 3.00. The summed E-state index contributed by atoms with van der Waals surface area (Å²) in [5.41, 5.74) is 6.17. The number of methoxy groups -OCH3 is 1. The number of anilines is 2. The van der Waals surface area contributed by atoms with E-state index in [9.17, 15) is 0 Å². The van der Waals surface area contributed by atoms with E-state index in [1.54, 1.807) is 18.1 Å². The lowest BCUT2D eigenvalue weighted by atomic mass is 10.4. The monoisotopic (exact) mass is 235 g/mol. The fourth-order valence-corrected chi connectivity index (χ4v) is 1.31. The number of nitrogens with two attached hydrogens (primary N) is 1. The van der Waals surface area contributed by atoms with Crippen LogP contribution in [0.15, 0.2) is 12.7 Å². The molecule has 0 aliphatic rings. The highest BCUT2D eigenvalue weighted by Gasteiger charge is 2.08. The predicted molar refractivity (Wildman–Crippen MR) is 61.3 cm³/mol. The van der Waals surface area contributed by atoms with Gasteiger partial charge in [-0.05, 0) is 0 Å². The van der Waals surface area contributed by atoms with Crippen LogP contribution in [0.5, 0.6) is 5.88 Å². The lowest BCUT2D eigenvalue weighted by molar-refractivity contribution is 0.399. The van der Waals surface area contributed by atoms with Gasteiger partial charge in [0.2, 0.25) is 5.88 Å². The molecule has 90 valence electrons. The quantitative estimate of drug-likeness (QED) is 0.756. The second-order valence-electron chi connectivity index (χ2n) is 3.33. The van der Waals surface area contributed by atoms with Gasteiger partial charge in [0, 0.05) is 7.05 Å².